The second-order valence-corrected chi connectivity index (χ2v) is 9.59. The molecule has 0 bridgehead atoms. The van der Waals surface area contributed by atoms with Crippen molar-refractivity contribution >= 4 is 33.2 Å². The minimum atomic E-state index is -4.22. The van der Waals surface area contributed by atoms with E-state index in [4.69, 9.17) is 21.1 Å². The van der Waals surface area contributed by atoms with Crippen molar-refractivity contribution in [2.75, 3.05) is 18.5 Å². The van der Waals surface area contributed by atoms with Gasteiger partial charge in [0.15, 0.2) is 0 Å². The molecule has 29 heavy (non-hydrogen) atoms. The summed E-state index contributed by atoms with van der Waals surface area (Å²) in [5.41, 5.74) is 0.259. The fraction of sp³-hybridized carbons (Fsp3) is 0.381. The van der Waals surface area contributed by atoms with Gasteiger partial charge in [-0.2, -0.15) is 0 Å². The Morgan fingerprint density at radius 3 is 2.38 bits per heavy atom. The molecule has 0 radical (unpaired) electrons. The quantitative estimate of drug-likeness (QED) is 0.716. The van der Waals surface area contributed by atoms with Gasteiger partial charge in [-0.25, -0.2) is 12.7 Å². The number of amides is 1. The molecule has 1 aliphatic heterocycles. The van der Waals surface area contributed by atoms with Crippen molar-refractivity contribution in [3.63, 3.8) is 0 Å². The van der Waals surface area contributed by atoms with Gasteiger partial charge in [-0.15, -0.1) is 0 Å². The van der Waals surface area contributed by atoms with Crippen LogP contribution >= 0.6 is 11.6 Å². The minimum Gasteiger partial charge on any atom is -0.497 e. The van der Waals surface area contributed by atoms with Crippen LogP contribution in [0.15, 0.2) is 41.3 Å². The number of nitrogens with zero attached hydrogens (tertiary/aromatic N) is 1. The summed E-state index contributed by atoms with van der Waals surface area (Å²) in [7, 11) is -1.35. The van der Waals surface area contributed by atoms with Crippen molar-refractivity contribution in [3.8, 4) is 11.5 Å². The molecule has 0 aromatic heterocycles. The molecule has 1 fully saturated rings. The van der Waals surface area contributed by atoms with Gasteiger partial charge in [-0.1, -0.05) is 36.9 Å². The zero-order valence-corrected chi connectivity index (χ0v) is 17.8. The van der Waals surface area contributed by atoms with E-state index in [0.717, 1.165) is 29.1 Å². The highest BCUT2D eigenvalue weighted by Crippen LogP contribution is 2.52. The SMILES string of the molecule is COc1ccc(S(=O)(=O)N2C(=O)C3(CCCCC3)c3ccc(Cl)cc32)c(OC)c1. The van der Waals surface area contributed by atoms with E-state index >= 15 is 0 Å². The average molecular weight is 436 g/mol. The number of carbonyl (C=O) groups is 1. The zero-order chi connectivity index (χ0) is 20.8. The van der Waals surface area contributed by atoms with Crippen molar-refractivity contribution in [2.24, 2.45) is 0 Å². The summed E-state index contributed by atoms with van der Waals surface area (Å²) in [4.78, 5) is 13.5. The van der Waals surface area contributed by atoms with E-state index in [1.54, 1.807) is 18.2 Å². The molecule has 6 nitrogen and oxygen atoms in total. The number of halogens is 1. The molecule has 2 aromatic carbocycles. The van der Waals surface area contributed by atoms with E-state index in [-0.39, 0.29) is 10.6 Å². The first-order valence-electron chi connectivity index (χ1n) is 9.47. The van der Waals surface area contributed by atoms with Crippen LogP contribution < -0.4 is 13.8 Å². The van der Waals surface area contributed by atoms with E-state index in [9.17, 15) is 13.2 Å². The highest BCUT2D eigenvalue weighted by atomic mass is 35.5. The van der Waals surface area contributed by atoms with Gasteiger partial charge in [-0.05, 0) is 42.7 Å². The van der Waals surface area contributed by atoms with Crippen LogP contribution in [-0.2, 0) is 20.2 Å². The first-order valence-corrected chi connectivity index (χ1v) is 11.3. The van der Waals surface area contributed by atoms with Crippen LogP contribution in [0.25, 0.3) is 0 Å². The van der Waals surface area contributed by atoms with Gasteiger partial charge >= 0.3 is 0 Å². The summed E-state index contributed by atoms with van der Waals surface area (Å²) in [6.07, 6.45) is 4.07. The molecular formula is C21H22ClNO5S. The number of benzene rings is 2. The van der Waals surface area contributed by atoms with E-state index in [1.165, 1.54) is 32.4 Å². The molecule has 154 valence electrons. The number of hydrogen-bond donors (Lipinski definition) is 0. The van der Waals surface area contributed by atoms with Crippen LogP contribution in [0.2, 0.25) is 5.02 Å². The molecule has 0 saturated heterocycles. The summed E-state index contributed by atoms with van der Waals surface area (Å²) >= 11 is 6.18. The molecule has 0 atom stereocenters. The zero-order valence-electron chi connectivity index (χ0n) is 16.3. The summed E-state index contributed by atoms with van der Waals surface area (Å²) in [6.45, 7) is 0. The van der Waals surface area contributed by atoms with Gasteiger partial charge in [0.25, 0.3) is 15.9 Å². The molecule has 1 heterocycles. The summed E-state index contributed by atoms with van der Waals surface area (Å²) in [6, 6.07) is 9.49. The van der Waals surface area contributed by atoms with Crippen molar-refractivity contribution in [1.82, 2.24) is 0 Å². The number of hydrogen-bond acceptors (Lipinski definition) is 5. The fourth-order valence-electron chi connectivity index (χ4n) is 4.46. The third-order valence-electron chi connectivity index (χ3n) is 5.88. The molecule has 2 aromatic rings. The van der Waals surface area contributed by atoms with Crippen molar-refractivity contribution in [3.05, 3.63) is 47.0 Å². The van der Waals surface area contributed by atoms with Gasteiger partial charge < -0.3 is 9.47 Å². The Labute approximate surface area is 175 Å². The maximum absolute atomic E-state index is 13.7. The molecule has 1 spiro atoms. The number of anilines is 1. The average Bonchev–Trinajstić information content (AvgIpc) is 2.95. The smallest absolute Gasteiger partial charge is 0.274 e. The summed E-state index contributed by atoms with van der Waals surface area (Å²) < 4.78 is 38.7. The first-order chi connectivity index (χ1) is 13.8. The maximum Gasteiger partial charge on any atom is 0.274 e. The van der Waals surface area contributed by atoms with Gasteiger partial charge in [-0.3, -0.25) is 4.79 Å². The predicted octanol–water partition coefficient (Wildman–Crippen LogP) is 4.29. The van der Waals surface area contributed by atoms with Crippen molar-refractivity contribution < 1.29 is 22.7 Å². The number of rotatable bonds is 4. The number of ether oxygens (including phenoxy) is 2. The lowest BCUT2D eigenvalue weighted by Gasteiger charge is -2.32. The number of fused-ring (bicyclic) bond motifs is 2. The van der Waals surface area contributed by atoms with Crippen molar-refractivity contribution in [1.29, 1.82) is 0 Å². The molecule has 2 aliphatic rings. The van der Waals surface area contributed by atoms with Crippen LogP contribution in [-0.4, -0.2) is 28.5 Å². The molecule has 4 rings (SSSR count). The molecule has 1 saturated carbocycles. The lowest BCUT2D eigenvalue weighted by atomic mass is 9.70. The number of methoxy groups -OCH3 is 2. The number of sulfonamides is 1. The van der Waals surface area contributed by atoms with E-state index in [2.05, 4.69) is 0 Å². The Morgan fingerprint density at radius 1 is 1.00 bits per heavy atom. The monoisotopic (exact) mass is 435 g/mol. The van der Waals surface area contributed by atoms with E-state index in [0.29, 0.717) is 29.3 Å². The third kappa shape index (κ3) is 2.99. The Balaban J connectivity index is 1.91. The highest BCUT2D eigenvalue weighted by Gasteiger charge is 2.55. The van der Waals surface area contributed by atoms with E-state index in [1.807, 2.05) is 0 Å². The molecule has 1 amide bonds. The Kier molecular flexibility index (Phi) is 4.99. The molecule has 0 unspecified atom stereocenters. The van der Waals surface area contributed by atoms with E-state index < -0.39 is 21.3 Å². The summed E-state index contributed by atoms with van der Waals surface area (Å²) in [5, 5.41) is 0.381. The Hall–Kier alpha value is -2.25. The fourth-order valence-corrected chi connectivity index (χ4v) is 6.26. The summed E-state index contributed by atoms with van der Waals surface area (Å²) in [5.74, 6) is 0.165. The number of carbonyl (C=O) groups excluding carboxylic acids is 1. The molecule has 1 aliphatic carbocycles. The van der Waals surface area contributed by atoms with Gasteiger partial charge in [0, 0.05) is 11.1 Å². The third-order valence-corrected chi connectivity index (χ3v) is 7.86. The molecule has 0 N–H and O–H groups in total. The second-order valence-electron chi connectivity index (χ2n) is 7.40. The van der Waals surface area contributed by atoms with Gasteiger partial charge in [0.05, 0.1) is 25.3 Å². The van der Waals surface area contributed by atoms with Crippen LogP contribution in [0.1, 0.15) is 37.7 Å². The second kappa shape index (κ2) is 7.22. The Bertz CT molecular complexity index is 1080. The van der Waals surface area contributed by atoms with Crippen molar-refractivity contribution in [2.45, 2.75) is 42.4 Å². The Morgan fingerprint density at radius 2 is 1.72 bits per heavy atom. The molecular weight excluding hydrogens is 414 g/mol. The van der Waals surface area contributed by atoms with Crippen LogP contribution in [0.5, 0.6) is 11.5 Å². The van der Waals surface area contributed by atoms with Gasteiger partial charge in [0.1, 0.15) is 16.4 Å². The minimum absolute atomic E-state index is 0.0899. The highest BCUT2D eigenvalue weighted by molar-refractivity contribution is 7.93. The van der Waals surface area contributed by atoms with Gasteiger partial charge in [0.2, 0.25) is 0 Å². The molecule has 8 heteroatoms. The lowest BCUT2D eigenvalue weighted by Crippen LogP contribution is -2.44. The lowest BCUT2D eigenvalue weighted by molar-refractivity contribution is -0.123. The predicted molar refractivity (Wildman–Crippen MR) is 110 cm³/mol. The van der Waals surface area contributed by atoms with Crippen LogP contribution in [0.4, 0.5) is 5.69 Å². The maximum atomic E-state index is 13.7. The largest absolute Gasteiger partial charge is 0.497 e. The van der Waals surface area contributed by atoms with Crippen LogP contribution in [0.3, 0.4) is 0 Å². The topological polar surface area (TPSA) is 72.9 Å². The normalized spacial score (nSPS) is 18.0. The standard InChI is InChI=1S/C21H22ClNO5S/c1-27-15-7-9-19(18(13-15)28-2)29(25,26)23-17-12-14(22)6-8-16(17)21(20(23)24)10-4-3-5-11-21/h6-9,12-13H,3-5,10-11H2,1-2H3. The first kappa shape index (κ1) is 20.0. The van der Waals surface area contributed by atoms with Crippen LogP contribution in [0, 0.1) is 0 Å².